The van der Waals surface area contributed by atoms with Gasteiger partial charge < -0.3 is 14.2 Å². The molecular weight excluding hydrogens is 420 g/mol. The van der Waals surface area contributed by atoms with Gasteiger partial charge in [0.15, 0.2) is 0 Å². The van der Waals surface area contributed by atoms with Crippen LogP contribution in [0, 0.1) is 0 Å². The molecule has 0 amide bonds. The highest BCUT2D eigenvalue weighted by atomic mass is 16.8. The Morgan fingerprint density at radius 3 is 0.941 bits per heavy atom. The van der Waals surface area contributed by atoms with Gasteiger partial charge in [0.2, 0.25) is 0 Å². The predicted octanol–water partition coefficient (Wildman–Crippen LogP) is 8.40. The molecule has 0 N–H and O–H groups in total. The highest BCUT2D eigenvalue weighted by Crippen LogP contribution is 2.30. The lowest BCUT2D eigenvalue weighted by Crippen LogP contribution is -2.31. The van der Waals surface area contributed by atoms with E-state index >= 15 is 0 Å². The molecular formula is C31H40O3. The topological polar surface area (TPSA) is 27.7 Å². The summed E-state index contributed by atoms with van der Waals surface area (Å²) in [6.07, 6.45) is 0. The monoisotopic (exact) mass is 460 g/mol. The minimum atomic E-state index is -0.944. The van der Waals surface area contributed by atoms with Gasteiger partial charge in [-0.2, -0.15) is 0 Å². The number of hydrogen-bond acceptors (Lipinski definition) is 3. The Balaban J connectivity index is 1.92. The van der Waals surface area contributed by atoms with Crippen LogP contribution < -0.4 is 14.2 Å². The standard InChI is InChI=1S/C31H40O3/c1-29(2,3)22-13-10-16-25(19-22)32-28(33-26-17-11-14-23(20-26)30(4,5)6)34-27-18-12-15-24(21-27)31(7,8)9/h10-21,28H,1-9H3. The lowest BCUT2D eigenvalue weighted by Gasteiger charge is -2.25. The zero-order valence-electron chi connectivity index (χ0n) is 22.2. The van der Waals surface area contributed by atoms with Gasteiger partial charge >= 0.3 is 6.48 Å². The molecule has 0 heterocycles. The van der Waals surface area contributed by atoms with Crippen molar-refractivity contribution < 1.29 is 14.2 Å². The van der Waals surface area contributed by atoms with Crippen molar-refractivity contribution in [3.63, 3.8) is 0 Å². The van der Waals surface area contributed by atoms with Crippen LogP contribution >= 0.6 is 0 Å². The summed E-state index contributed by atoms with van der Waals surface area (Å²) in [6, 6.07) is 24.3. The van der Waals surface area contributed by atoms with E-state index in [9.17, 15) is 0 Å². The second-order valence-electron chi connectivity index (χ2n) is 12.0. The van der Waals surface area contributed by atoms with Crippen LogP contribution in [0.1, 0.15) is 79.0 Å². The summed E-state index contributed by atoms with van der Waals surface area (Å²) < 4.78 is 18.8. The molecule has 0 saturated carbocycles. The molecule has 0 aliphatic heterocycles. The summed E-state index contributed by atoms with van der Waals surface area (Å²) in [5.74, 6) is 2.11. The molecule has 3 aromatic carbocycles. The van der Waals surface area contributed by atoms with Crippen molar-refractivity contribution in [1.29, 1.82) is 0 Å². The molecule has 3 aromatic rings. The van der Waals surface area contributed by atoms with Gasteiger partial charge in [-0.15, -0.1) is 0 Å². The molecule has 0 radical (unpaired) electrons. The SMILES string of the molecule is CC(C)(C)c1cccc(OC(Oc2cccc(C(C)(C)C)c2)Oc2cccc(C(C)(C)C)c2)c1. The Hall–Kier alpha value is -2.94. The van der Waals surface area contributed by atoms with Gasteiger partial charge in [-0.1, -0.05) is 98.7 Å². The molecule has 3 heteroatoms. The third-order valence-corrected chi connectivity index (χ3v) is 5.80. The van der Waals surface area contributed by atoms with E-state index in [0.29, 0.717) is 17.2 Å². The zero-order valence-corrected chi connectivity index (χ0v) is 22.2. The van der Waals surface area contributed by atoms with Crippen molar-refractivity contribution in [2.24, 2.45) is 0 Å². The zero-order chi connectivity index (χ0) is 25.1. The van der Waals surface area contributed by atoms with Crippen molar-refractivity contribution in [2.45, 2.75) is 85.0 Å². The second-order valence-corrected chi connectivity index (χ2v) is 12.0. The fourth-order valence-corrected chi connectivity index (χ4v) is 3.51. The number of ether oxygens (including phenoxy) is 3. The second kappa shape index (κ2) is 9.74. The molecule has 0 atom stereocenters. The van der Waals surface area contributed by atoms with Crippen molar-refractivity contribution in [3.8, 4) is 17.2 Å². The average molecular weight is 461 g/mol. The molecule has 0 aliphatic carbocycles. The maximum absolute atomic E-state index is 6.26. The molecule has 0 aliphatic rings. The minimum absolute atomic E-state index is 0.0126. The molecule has 0 spiro atoms. The van der Waals surface area contributed by atoms with Crippen LogP contribution in [0.5, 0.6) is 17.2 Å². The van der Waals surface area contributed by atoms with E-state index in [1.807, 2.05) is 36.4 Å². The largest absolute Gasteiger partial charge is 0.423 e. The Morgan fingerprint density at radius 2 is 0.706 bits per heavy atom. The van der Waals surface area contributed by atoms with Crippen LogP contribution in [0.15, 0.2) is 72.8 Å². The van der Waals surface area contributed by atoms with Crippen molar-refractivity contribution in [3.05, 3.63) is 89.5 Å². The van der Waals surface area contributed by atoms with Crippen molar-refractivity contribution in [2.75, 3.05) is 0 Å². The molecule has 3 nitrogen and oxygen atoms in total. The highest BCUT2D eigenvalue weighted by Gasteiger charge is 2.21. The molecule has 3 rings (SSSR count). The summed E-state index contributed by atoms with van der Waals surface area (Å²) >= 11 is 0. The molecule has 0 saturated heterocycles. The van der Waals surface area contributed by atoms with E-state index in [2.05, 4.69) is 98.7 Å². The number of benzene rings is 3. The molecule has 0 fully saturated rings. The molecule has 34 heavy (non-hydrogen) atoms. The molecule has 0 unspecified atom stereocenters. The lowest BCUT2D eigenvalue weighted by atomic mass is 9.87. The van der Waals surface area contributed by atoms with Crippen molar-refractivity contribution in [1.82, 2.24) is 0 Å². The first-order valence-electron chi connectivity index (χ1n) is 12.0. The number of rotatable bonds is 6. The van der Waals surface area contributed by atoms with E-state index in [1.54, 1.807) is 0 Å². The van der Waals surface area contributed by atoms with Gasteiger partial charge in [0.05, 0.1) is 0 Å². The first kappa shape index (κ1) is 25.7. The van der Waals surface area contributed by atoms with Crippen LogP contribution in [0.25, 0.3) is 0 Å². The lowest BCUT2D eigenvalue weighted by molar-refractivity contribution is -0.140. The highest BCUT2D eigenvalue weighted by molar-refractivity contribution is 5.35. The summed E-state index contributed by atoms with van der Waals surface area (Å²) in [7, 11) is 0. The van der Waals surface area contributed by atoms with Gasteiger partial charge in [-0.25, -0.2) is 0 Å². The summed E-state index contributed by atoms with van der Waals surface area (Å²) in [6.45, 7) is 18.7. The van der Waals surface area contributed by atoms with Crippen LogP contribution in [-0.4, -0.2) is 6.48 Å². The average Bonchev–Trinajstić information content (AvgIpc) is 2.72. The van der Waals surface area contributed by atoms with Gasteiger partial charge in [-0.3, -0.25) is 0 Å². The maximum Gasteiger partial charge on any atom is 0.406 e. The Morgan fingerprint density at radius 1 is 0.441 bits per heavy atom. The van der Waals surface area contributed by atoms with Gasteiger partial charge in [0, 0.05) is 0 Å². The third kappa shape index (κ3) is 7.03. The predicted molar refractivity (Wildman–Crippen MR) is 141 cm³/mol. The Labute approximate surface area is 206 Å². The van der Waals surface area contributed by atoms with Crippen LogP contribution in [0.3, 0.4) is 0 Å². The first-order chi connectivity index (χ1) is 15.7. The fraction of sp³-hybridized carbons (Fsp3) is 0.419. The third-order valence-electron chi connectivity index (χ3n) is 5.80. The van der Waals surface area contributed by atoms with E-state index in [4.69, 9.17) is 14.2 Å². The molecule has 0 aromatic heterocycles. The molecule has 0 bridgehead atoms. The maximum atomic E-state index is 6.26. The Bertz CT molecular complexity index is 953. The van der Waals surface area contributed by atoms with Gasteiger partial charge in [0.25, 0.3) is 0 Å². The van der Waals surface area contributed by atoms with Gasteiger partial charge in [0.1, 0.15) is 17.2 Å². The quantitative estimate of drug-likeness (QED) is 0.346. The summed E-state index contributed by atoms with van der Waals surface area (Å²) in [5, 5.41) is 0. The Kier molecular flexibility index (Phi) is 7.35. The van der Waals surface area contributed by atoms with Crippen molar-refractivity contribution >= 4 is 0 Å². The van der Waals surface area contributed by atoms with Crippen LogP contribution in [0.2, 0.25) is 0 Å². The molecule has 182 valence electrons. The number of hydrogen-bond donors (Lipinski definition) is 0. The van der Waals surface area contributed by atoms with E-state index < -0.39 is 6.48 Å². The van der Waals surface area contributed by atoms with E-state index in [0.717, 1.165) is 0 Å². The van der Waals surface area contributed by atoms with Crippen LogP contribution in [0.4, 0.5) is 0 Å². The van der Waals surface area contributed by atoms with E-state index in [1.165, 1.54) is 16.7 Å². The normalized spacial score (nSPS) is 12.5. The first-order valence-corrected chi connectivity index (χ1v) is 12.0. The minimum Gasteiger partial charge on any atom is -0.423 e. The van der Waals surface area contributed by atoms with Crippen LogP contribution in [-0.2, 0) is 16.2 Å². The summed E-state index contributed by atoms with van der Waals surface area (Å²) in [5.41, 5.74) is 3.60. The smallest absolute Gasteiger partial charge is 0.406 e. The van der Waals surface area contributed by atoms with E-state index in [-0.39, 0.29) is 16.2 Å². The fourth-order valence-electron chi connectivity index (χ4n) is 3.51. The summed E-state index contributed by atoms with van der Waals surface area (Å²) in [4.78, 5) is 0. The van der Waals surface area contributed by atoms with Gasteiger partial charge in [-0.05, 0) is 69.3 Å².